The Hall–Kier alpha value is -2.47. The highest BCUT2D eigenvalue weighted by Crippen LogP contribution is 2.14. The quantitative estimate of drug-likeness (QED) is 0.827. The summed E-state index contributed by atoms with van der Waals surface area (Å²) in [7, 11) is 1.58. The molecular formula is C18H20F2N2O2. The monoisotopic (exact) mass is 334 g/mol. The van der Waals surface area contributed by atoms with E-state index in [9.17, 15) is 13.6 Å². The second-order valence-electron chi connectivity index (χ2n) is 5.32. The lowest BCUT2D eigenvalue weighted by atomic mass is 10.2. The van der Waals surface area contributed by atoms with Crippen molar-refractivity contribution in [2.24, 2.45) is 0 Å². The number of urea groups is 1. The lowest BCUT2D eigenvalue weighted by Gasteiger charge is -2.23. The van der Waals surface area contributed by atoms with Gasteiger partial charge in [-0.3, -0.25) is 0 Å². The topological polar surface area (TPSA) is 41.6 Å². The van der Waals surface area contributed by atoms with Crippen molar-refractivity contribution in [2.45, 2.75) is 19.6 Å². The van der Waals surface area contributed by atoms with Crippen LogP contribution in [0.4, 0.5) is 19.3 Å². The Kier molecular flexibility index (Phi) is 6.69. The van der Waals surface area contributed by atoms with Gasteiger partial charge in [0.2, 0.25) is 0 Å². The minimum absolute atomic E-state index is 0.120. The molecule has 2 rings (SSSR count). The van der Waals surface area contributed by atoms with Crippen molar-refractivity contribution in [1.82, 2.24) is 4.90 Å². The van der Waals surface area contributed by atoms with Crippen LogP contribution in [0, 0.1) is 0 Å². The van der Waals surface area contributed by atoms with E-state index in [0.717, 1.165) is 16.0 Å². The van der Waals surface area contributed by atoms with Gasteiger partial charge in [-0.05, 0) is 23.3 Å². The van der Waals surface area contributed by atoms with Gasteiger partial charge in [0.25, 0.3) is 6.43 Å². The fourth-order valence-corrected chi connectivity index (χ4v) is 2.30. The minimum Gasteiger partial charge on any atom is -0.380 e. The summed E-state index contributed by atoms with van der Waals surface area (Å²) < 4.78 is 30.7. The summed E-state index contributed by atoms with van der Waals surface area (Å²) in [4.78, 5) is 13.5. The number of rotatable bonds is 7. The number of amides is 2. The first-order valence-electron chi connectivity index (χ1n) is 7.54. The Bertz CT molecular complexity index is 650. The standard InChI is InChI=1S/C18H20F2N2O2/c1-24-13-15-8-5-9-16(10-15)21-18(23)22(12-17(19)20)11-14-6-3-2-4-7-14/h2-10,17H,11-13H2,1H3,(H,21,23). The third kappa shape index (κ3) is 5.62. The molecule has 4 nitrogen and oxygen atoms in total. The molecule has 24 heavy (non-hydrogen) atoms. The average molecular weight is 334 g/mol. The minimum atomic E-state index is -2.60. The number of carbonyl (C=O) groups is 1. The SMILES string of the molecule is COCc1cccc(NC(=O)N(Cc2ccccc2)CC(F)F)c1. The fourth-order valence-electron chi connectivity index (χ4n) is 2.30. The van der Waals surface area contributed by atoms with E-state index in [1.807, 2.05) is 24.3 Å². The van der Waals surface area contributed by atoms with Gasteiger partial charge >= 0.3 is 6.03 Å². The van der Waals surface area contributed by atoms with Crippen LogP contribution in [0.25, 0.3) is 0 Å². The van der Waals surface area contributed by atoms with E-state index in [1.54, 1.807) is 37.4 Å². The first-order valence-corrected chi connectivity index (χ1v) is 7.54. The van der Waals surface area contributed by atoms with E-state index in [1.165, 1.54) is 0 Å². The summed E-state index contributed by atoms with van der Waals surface area (Å²) in [5, 5.41) is 2.66. The van der Waals surface area contributed by atoms with Crippen LogP contribution in [0.3, 0.4) is 0 Å². The van der Waals surface area contributed by atoms with Crippen molar-refractivity contribution in [3.05, 3.63) is 65.7 Å². The van der Waals surface area contributed by atoms with Crippen LogP contribution in [-0.2, 0) is 17.9 Å². The largest absolute Gasteiger partial charge is 0.380 e. The van der Waals surface area contributed by atoms with Crippen molar-refractivity contribution in [3.63, 3.8) is 0 Å². The Morgan fingerprint density at radius 2 is 1.83 bits per heavy atom. The molecule has 0 saturated carbocycles. The van der Waals surface area contributed by atoms with E-state index in [2.05, 4.69) is 5.32 Å². The summed E-state index contributed by atoms with van der Waals surface area (Å²) in [6.45, 7) is -0.0955. The molecule has 2 amide bonds. The first-order chi connectivity index (χ1) is 11.6. The molecule has 0 aliphatic rings. The fraction of sp³-hybridized carbons (Fsp3) is 0.278. The highest BCUT2D eigenvalue weighted by molar-refractivity contribution is 5.89. The number of methoxy groups -OCH3 is 1. The van der Waals surface area contributed by atoms with E-state index in [4.69, 9.17) is 4.74 Å². The second-order valence-corrected chi connectivity index (χ2v) is 5.32. The summed E-state index contributed by atoms with van der Waals surface area (Å²) in [6, 6.07) is 15.6. The van der Waals surface area contributed by atoms with Crippen LogP contribution in [0.2, 0.25) is 0 Å². The molecule has 0 bridgehead atoms. The molecule has 0 unspecified atom stereocenters. The third-order valence-electron chi connectivity index (χ3n) is 3.35. The van der Waals surface area contributed by atoms with Crippen LogP contribution < -0.4 is 5.32 Å². The van der Waals surface area contributed by atoms with Gasteiger partial charge in [0, 0.05) is 19.3 Å². The number of ether oxygens (including phenoxy) is 1. The van der Waals surface area contributed by atoms with Gasteiger partial charge in [-0.2, -0.15) is 0 Å². The molecule has 0 atom stereocenters. The van der Waals surface area contributed by atoms with Crippen LogP contribution in [0.1, 0.15) is 11.1 Å². The molecule has 0 spiro atoms. The Morgan fingerprint density at radius 3 is 2.50 bits per heavy atom. The smallest absolute Gasteiger partial charge is 0.322 e. The molecule has 128 valence electrons. The predicted octanol–water partition coefficient (Wildman–Crippen LogP) is 4.13. The zero-order valence-electron chi connectivity index (χ0n) is 13.4. The summed E-state index contributed by atoms with van der Waals surface area (Å²) >= 11 is 0. The number of alkyl halides is 2. The Labute approximate surface area is 140 Å². The van der Waals surface area contributed by atoms with E-state index in [-0.39, 0.29) is 6.54 Å². The van der Waals surface area contributed by atoms with E-state index >= 15 is 0 Å². The molecule has 2 aromatic rings. The maximum atomic E-state index is 12.8. The third-order valence-corrected chi connectivity index (χ3v) is 3.35. The molecule has 6 heteroatoms. The maximum absolute atomic E-state index is 12.8. The molecule has 0 saturated heterocycles. The number of anilines is 1. The van der Waals surface area contributed by atoms with Crippen molar-refractivity contribution >= 4 is 11.7 Å². The highest BCUT2D eigenvalue weighted by atomic mass is 19.3. The summed E-state index contributed by atoms with van der Waals surface area (Å²) in [6.07, 6.45) is -2.60. The molecule has 0 aromatic heterocycles. The molecule has 0 aliphatic heterocycles. The maximum Gasteiger partial charge on any atom is 0.322 e. The molecular weight excluding hydrogens is 314 g/mol. The van der Waals surface area contributed by atoms with Gasteiger partial charge in [0.1, 0.15) is 0 Å². The van der Waals surface area contributed by atoms with Crippen LogP contribution in [0.5, 0.6) is 0 Å². The molecule has 0 heterocycles. The Balaban J connectivity index is 2.08. The van der Waals surface area contributed by atoms with Crippen molar-refractivity contribution < 1.29 is 18.3 Å². The zero-order chi connectivity index (χ0) is 17.4. The second kappa shape index (κ2) is 8.98. The number of hydrogen-bond acceptors (Lipinski definition) is 2. The lowest BCUT2D eigenvalue weighted by molar-refractivity contribution is 0.0997. The van der Waals surface area contributed by atoms with Crippen LogP contribution in [0.15, 0.2) is 54.6 Å². The molecule has 1 N–H and O–H groups in total. The molecule has 0 aliphatic carbocycles. The van der Waals surface area contributed by atoms with E-state index in [0.29, 0.717) is 12.3 Å². The predicted molar refractivity (Wildman–Crippen MR) is 89.0 cm³/mol. The normalized spacial score (nSPS) is 10.7. The number of nitrogens with one attached hydrogen (secondary N) is 1. The summed E-state index contributed by atoms with van der Waals surface area (Å²) in [5.74, 6) is 0. The highest BCUT2D eigenvalue weighted by Gasteiger charge is 2.18. The van der Waals surface area contributed by atoms with Gasteiger partial charge in [-0.1, -0.05) is 42.5 Å². The van der Waals surface area contributed by atoms with Crippen LogP contribution >= 0.6 is 0 Å². The van der Waals surface area contributed by atoms with Crippen molar-refractivity contribution in [2.75, 3.05) is 19.0 Å². The van der Waals surface area contributed by atoms with Crippen molar-refractivity contribution in [1.29, 1.82) is 0 Å². The van der Waals surface area contributed by atoms with E-state index < -0.39 is 19.0 Å². The molecule has 0 radical (unpaired) electrons. The lowest BCUT2D eigenvalue weighted by Crippen LogP contribution is -2.37. The number of benzene rings is 2. The van der Waals surface area contributed by atoms with Crippen molar-refractivity contribution in [3.8, 4) is 0 Å². The average Bonchev–Trinajstić information content (AvgIpc) is 2.55. The molecule has 0 fully saturated rings. The van der Waals surface area contributed by atoms with Crippen LogP contribution in [-0.4, -0.2) is 31.0 Å². The number of halogens is 2. The van der Waals surface area contributed by atoms with Gasteiger partial charge in [0.05, 0.1) is 13.2 Å². The number of carbonyl (C=O) groups excluding carboxylic acids is 1. The van der Waals surface area contributed by atoms with Gasteiger partial charge in [-0.15, -0.1) is 0 Å². The van der Waals surface area contributed by atoms with Gasteiger partial charge < -0.3 is 15.0 Å². The number of hydrogen-bond donors (Lipinski definition) is 1. The molecule has 2 aromatic carbocycles. The Morgan fingerprint density at radius 1 is 1.12 bits per heavy atom. The zero-order valence-corrected chi connectivity index (χ0v) is 13.4. The number of nitrogens with zero attached hydrogens (tertiary/aromatic N) is 1. The van der Waals surface area contributed by atoms with Gasteiger partial charge in [-0.25, -0.2) is 13.6 Å². The first kappa shape index (κ1) is 17.9. The summed E-state index contributed by atoms with van der Waals surface area (Å²) in [5.41, 5.74) is 2.22. The van der Waals surface area contributed by atoms with Gasteiger partial charge in [0.15, 0.2) is 0 Å².